The first-order valence-corrected chi connectivity index (χ1v) is 7.65. The lowest BCUT2D eigenvalue weighted by molar-refractivity contribution is 0.949. The maximum absolute atomic E-state index is 5.96. The Morgan fingerprint density at radius 3 is 2.57 bits per heavy atom. The van der Waals surface area contributed by atoms with E-state index in [1.54, 1.807) is 6.20 Å². The molecule has 2 N–H and O–H groups in total. The van der Waals surface area contributed by atoms with Gasteiger partial charge in [-0.3, -0.25) is 0 Å². The van der Waals surface area contributed by atoms with Crippen molar-refractivity contribution in [2.24, 2.45) is 0 Å². The van der Waals surface area contributed by atoms with E-state index in [0.29, 0.717) is 28.4 Å². The largest absolute Gasteiger partial charge is 0.349 e. The highest BCUT2D eigenvalue weighted by molar-refractivity contribution is 6.31. The van der Waals surface area contributed by atoms with Crippen LogP contribution >= 0.6 is 23.2 Å². The van der Waals surface area contributed by atoms with Crippen LogP contribution < -0.4 is 10.6 Å². The summed E-state index contributed by atoms with van der Waals surface area (Å²) >= 11 is 11.8. The van der Waals surface area contributed by atoms with Gasteiger partial charge < -0.3 is 10.6 Å². The fourth-order valence-corrected chi connectivity index (χ4v) is 2.25. The number of anilines is 3. The zero-order valence-corrected chi connectivity index (χ0v) is 13.5. The fourth-order valence-electron chi connectivity index (χ4n) is 1.94. The average Bonchev–Trinajstić information content (AvgIpc) is 2.55. The highest BCUT2D eigenvalue weighted by atomic mass is 35.5. The van der Waals surface area contributed by atoms with Crippen LogP contribution in [-0.2, 0) is 6.54 Å². The van der Waals surface area contributed by atoms with E-state index in [-0.39, 0.29) is 0 Å². The Labute approximate surface area is 143 Å². The molecule has 0 bridgehead atoms. The third-order valence-corrected chi connectivity index (χ3v) is 3.51. The summed E-state index contributed by atoms with van der Waals surface area (Å²) in [5.74, 6) is 1.02. The monoisotopic (exact) mass is 345 g/mol. The van der Waals surface area contributed by atoms with E-state index in [2.05, 4.69) is 25.8 Å². The van der Waals surface area contributed by atoms with Gasteiger partial charge in [0.15, 0.2) is 5.82 Å². The minimum atomic E-state index is 0.437. The van der Waals surface area contributed by atoms with Gasteiger partial charge in [-0.25, -0.2) is 0 Å². The van der Waals surface area contributed by atoms with Crippen LogP contribution in [0.3, 0.4) is 0 Å². The molecule has 0 aliphatic heterocycles. The molecule has 0 aliphatic rings. The predicted molar refractivity (Wildman–Crippen MR) is 93.3 cm³/mol. The SMILES string of the molecule is Clc1ccc(CNc2nncc(Nc3cccc(Cl)c3)n2)cc1. The molecule has 0 amide bonds. The lowest BCUT2D eigenvalue weighted by atomic mass is 10.2. The van der Waals surface area contributed by atoms with Crippen molar-refractivity contribution < 1.29 is 0 Å². The van der Waals surface area contributed by atoms with Gasteiger partial charge >= 0.3 is 0 Å². The molecule has 3 rings (SSSR count). The van der Waals surface area contributed by atoms with E-state index in [0.717, 1.165) is 11.3 Å². The maximum Gasteiger partial charge on any atom is 0.244 e. The topological polar surface area (TPSA) is 62.7 Å². The molecule has 5 nitrogen and oxygen atoms in total. The van der Waals surface area contributed by atoms with E-state index in [4.69, 9.17) is 23.2 Å². The van der Waals surface area contributed by atoms with Gasteiger partial charge in [0.25, 0.3) is 0 Å². The van der Waals surface area contributed by atoms with Crippen LogP contribution in [-0.4, -0.2) is 15.2 Å². The van der Waals surface area contributed by atoms with Gasteiger partial charge in [-0.05, 0) is 35.9 Å². The quantitative estimate of drug-likeness (QED) is 0.710. The highest BCUT2D eigenvalue weighted by Gasteiger charge is 2.02. The Morgan fingerprint density at radius 1 is 0.957 bits per heavy atom. The van der Waals surface area contributed by atoms with E-state index in [9.17, 15) is 0 Å². The first kappa shape index (κ1) is 15.5. The van der Waals surface area contributed by atoms with Gasteiger partial charge in [0, 0.05) is 22.3 Å². The smallest absolute Gasteiger partial charge is 0.244 e. The van der Waals surface area contributed by atoms with Gasteiger partial charge in [0.05, 0.1) is 6.20 Å². The standard InChI is InChI=1S/C16H13Cl2N5/c17-12-6-4-11(5-7-12)9-19-16-22-15(10-20-23-16)21-14-3-1-2-13(18)8-14/h1-8,10H,9H2,(H2,19,21,22,23). The van der Waals surface area contributed by atoms with Crippen molar-refractivity contribution in [2.45, 2.75) is 6.54 Å². The van der Waals surface area contributed by atoms with E-state index in [1.807, 2.05) is 48.5 Å². The lowest BCUT2D eigenvalue weighted by Crippen LogP contribution is -2.06. The first-order chi connectivity index (χ1) is 11.2. The number of nitrogens with one attached hydrogen (secondary N) is 2. The Balaban J connectivity index is 1.66. The van der Waals surface area contributed by atoms with Gasteiger partial charge in [0.2, 0.25) is 5.95 Å². The van der Waals surface area contributed by atoms with Crippen molar-refractivity contribution >= 4 is 40.7 Å². The van der Waals surface area contributed by atoms with E-state index in [1.165, 1.54) is 0 Å². The van der Waals surface area contributed by atoms with Crippen molar-refractivity contribution in [1.82, 2.24) is 15.2 Å². The Hall–Kier alpha value is -2.37. The summed E-state index contributed by atoms with van der Waals surface area (Å²) in [5, 5.41) is 15.5. The molecule has 3 aromatic rings. The van der Waals surface area contributed by atoms with Gasteiger partial charge in [-0.1, -0.05) is 41.4 Å². The zero-order valence-electron chi connectivity index (χ0n) is 12.0. The van der Waals surface area contributed by atoms with Crippen molar-refractivity contribution in [3.8, 4) is 0 Å². The molecule has 1 heterocycles. The molecule has 0 fully saturated rings. The second-order valence-electron chi connectivity index (χ2n) is 4.78. The van der Waals surface area contributed by atoms with Crippen molar-refractivity contribution in [2.75, 3.05) is 10.6 Å². The average molecular weight is 346 g/mol. The van der Waals surface area contributed by atoms with Crippen LogP contribution in [0.25, 0.3) is 0 Å². The summed E-state index contributed by atoms with van der Waals surface area (Å²) < 4.78 is 0. The Bertz CT molecular complexity index is 792. The third-order valence-electron chi connectivity index (χ3n) is 3.02. The van der Waals surface area contributed by atoms with Crippen LogP contribution in [0.2, 0.25) is 10.0 Å². The Kier molecular flexibility index (Phi) is 4.90. The Morgan fingerprint density at radius 2 is 1.78 bits per heavy atom. The number of hydrogen-bond donors (Lipinski definition) is 2. The van der Waals surface area contributed by atoms with Gasteiger partial charge in [-0.15, -0.1) is 5.10 Å². The molecule has 0 spiro atoms. The maximum atomic E-state index is 5.96. The van der Waals surface area contributed by atoms with Crippen LogP contribution in [0.5, 0.6) is 0 Å². The molecule has 0 saturated heterocycles. The second-order valence-corrected chi connectivity index (χ2v) is 5.65. The molecule has 23 heavy (non-hydrogen) atoms. The van der Waals surface area contributed by atoms with Crippen molar-refractivity contribution in [1.29, 1.82) is 0 Å². The normalized spacial score (nSPS) is 10.3. The lowest BCUT2D eigenvalue weighted by Gasteiger charge is -2.08. The minimum Gasteiger partial charge on any atom is -0.349 e. The fraction of sp³-hybridized carbons (Fsp3) is 0.0625. The zero-order chi connectivity index (χ0) is 16.1. The summed E-state index contributed by atoms with van der Waals surface area (Å²) in [6.45, 7) is 0.583. The number of rotatable bonds is 5. The third kappa shape index (κ3) is 4.55. The highest BCUT2D eigenvalue weighted by Crippen LogP contribution is 2.19. The molecule has 2 aromatic carbocycles. The molecule has 0 radical (unpaired) electrons. The molecule has 0 aliphatic carbocycles. The summed E-state index contributed by atoms with van der Waals surface area (Å²) in [7, 11) is 0. The molecule has 1 aromatic heterocycles. The molecule has 0 saturated carbocycles. The van der Waals surface area contributed by atoms with E-state index >= 15 is 0 Å². The second kappa shape index (κ2) is 7.26. The van der Waals surface area contributed by atoms with Crippen LogP contribution in [0.15, 0.2) is 54.7 Å². The van der Waals surface area contributed by atoms with Crippen LogP contribution in [0, 0.1) is 0 Å². The van der Waals surface area contributed by atoms with Crippen molar-refractivity contribution in [3.63, 3.8) is 0 Å². The number of hydrogen-bond acceptors (Lipinski definition) is 5. The summed E-state index contributed by atoms with van der Waals surface area (Å²) in [6, 6.07) is 14.9. The predicted octanol–water partition coefficient (Wildman–Crippen LogP) is 4.53. The number of halogens is 2. The number of aromatic nitrogens is 3. The molecule has 0 atom stereocenters. The summed E-state index contributed by atoms with van der Waals surface area (Å²) in [5.41, 5.74) is 1.91. The number of nitrogens with zero attached hydrogens (tertiary/aromatic N) is 3. The number of benzene rings is 2. The van der Waals surface area contributed by atoms with Crippen LogP contribution in [0.1, 0.15) is 5.56 Å². The first-order valence-electron chi connectivity index (χ1n) is 6.90. The molecule has 116 valence electrons. The molecular formula is C16H13Cl2N5. The van der Waals surface area contributed by atoms with Crippen molar-refractivity contribution in [3.05, 3.63) is 70.3 Å². The molecule has 7 heteroatoms. The molecule has 0 unspecified atom stereocenters. The van der Waals surface area contributed by atoms with Crippen LogP contribution in [0.4, 0.5) is 17.5 Å². The van der Waals surface area contributed by atoms with Gasteiger partial charge in [-0.2, -0.15) is 10.1 Å². The van der Waals surface area contributed by atoms with Gasteiger partial charge in [0.1, 0.15) is 0 Å². The minimum absolute atomic E-state index is 0.437. The summed E-state index contributed by atoms with van der Waals surface area (Å²) in [4.78, 5) is 4.37. The molecular weight excluding hydrogens is 333 g/mol. The summed E-state index contributed by atoms with van der Waals surface area (Å²) in [6.07, 6.45) is 1.55. The van der Waals surface area contributed by atoms with E-state index < -0.39 is 0 Å².